The van der Waals surface area contributed by atoms with Gasteiger partial charge in [-0.1, -0.05) is 5.16 Å². The zero-order valence-corrected chi connectivity index (χ0v) is 10.1. The van der Waals surface area contributed by atoms with Crippen LogP contribution in [0, 0.1) is 6.92 Å². The summed E-state index contributed by atoms with van der Waals surface area (Å²) in [6, 6.07) is 3.39. The molecule has 3 heterocycles. The summed E-state index contributed by atoms with van der Waals surface area (Å²) in [5.74, 6) is 0.820. The highest BCUT2D eigenvalue weighted by Crippen LogP contribution is 2.24. The maximum Gasteiger partial charge on any atom is 0.259 e. The summed E-state index contributed by atoms with van der Waals surface area (Å²) in [5.41, 5.74) is 2.39. The van der Waals surface area contributed by atoms with Gasteiger partial charge in [-0.3, -0.25) is 9.97 Å². The van der Waals surface area contributed by atoms with Gasteiger partial charge in [0.05, 0.1) is 11.8 Å². The molecule has 6 nitrogen and oxygen atoms in total. The molecule has 6 heteroatoms. The smallest absolute Gasteiger partial charge is 0.259 e. The highest BCUT2D eigenvalue weighted by atomic mass is 16.5. The second-order valence-electron chi connectivity index (χ2n) is 4.05. The van der Waals surface area contributed by atoms with E-state index in [1.807, 2.05) is 13.0 Å². The van der Waals surface area contributed by atoms with Crippen molar-refractivity contribution in [2.45, 2.75) is 6.92 Å². The molecule has 0 saturated carbocycles. The zero-order chi connectivity index (χ0) is 13.2. The highest BCUT2D eigenvalue weighted by molar-refractivity contribution is 5.61. The summed E-state index contributed by atoms with van der Waals surface area (Å²) in [7, 11) is 0. The van der Waals surface area contributed by atoms with E-state index in [4.69, 9.17) is 4.52 Å². The van der Waals surface area contributed by atoms with E-state index in [0.717, 1.165) is 11.1 Å². The monoisotopic (exact) mass is 254 g/mol. The molecule has 0 saturated heterocycles. The van der Waals surface area contributed by atoms with Crippen molar-refractivity contribution >= 4 is 0 Å². The number of aryl methyl sites for hydroxylation is 1. The summed E-state index contributed by atoms with van der Waals surface area (Å²) in [6.07, 6.45) is 6.28. The molecule has 0 aliphatic carbocycles. The number of aromatic hydroxyl groups is 1. The molecule has 3 aromatic rings. The third-order valence-electron chi connectivity index (χ3n) is 2.68. The van der Waals surface area contributed by atoms with E-state index >= 15 is 0 Å². The number of hydrogen-bond donors (Lipinski definition) is 1. The van der Waals surface area contributed by atoms with Crippen LogP contribution in [-0.2, 0) is 0 Å². The van der Waals surface area contributed by atoms with Gasteiger partial charge in [-0.25, -0.2) is 0 Å². The molecule has 3 aromatic heterocycles. The van der Waals surface area contributed by atoms with Crippen LogP contribution in [0.25, 0.3) is 22.8 Å². The predicted molar refractivity (Wildman–Crippen MR) is 67.2 cm³/mol. The average Bonchev–Trinajstić information content (AvgIpc) is 2.89. The Bertz CT molecular complexity index is 724. The first-order valence-corrected chi connectivity index (χ1v) is 5.63. The summed E-state index contributed by atoms with van der Waals surface area (Å²) >= 11 is 0. The van der Waals surface area contributed by atoms with Crippen LogP contribution in [0.3, 0.4) is 0 Å². The molecule has 0 bridgehead atoms. The standard InChI is InChI=1S/C13H10N4O2/c1-8-2-3-14-7-11(8)12-16-13(19-17-12)9-4-10(18)6-15-5-9/h2-7,18H,1H3. The van der Waals surface area contributed by atoms with Crippen molar-refractivity contribution in [1.29, 1.82) is 0 Å². The summed E-state index contributed by atoms with van der Waals surface area (Å²) in [5, 5.41) is 13.3. The van der Waals surface area contributed by atoms with Gasteiger partial charge in [0.15, 0.2) is 0 Å². The van der Waals surface area contributed by atoms with Crippen molar-refractivity contribution < 1.29 is 9.63 Å². The predicted octanol–water partition coefficient (Wildman–Crippen LogP) is 2.21. The average molecular weight is 254 g/mol. The zero-order valence-electron chi connectivity index (χ0n) is 10.1. The van der Waals surface area contributed by atoms with Crippen molar-refractivity contribution in [3.63, 3.8) is 0 Å². The van der Waals surface area contributed by atoms with Crippen LogP contribution in [0.15, 0.2) is 41.4 Å². The Morgan fingerprint density at radius 2 is 2.05 bits per heavy atom. The van der Waals surface area contributed by atoms with Gasteiger partial charge >= 0.3 is 0 Å². The molecular weight excluding hydrogens is 244 g/mol. The van der Waals surface area contributed by atoms with Gasteiger partial charge in [-0.15, -0.1) is 0 Å². The molecule has 3 rings (SSSR count). The molecule has 19 heavy (non-hydrogen) atoms. The molecule has 0 radical (unpaired) electrons. The van der Waals surface area contributed by atoms with E-state index in [9.17, 15) is 5.11 Å². The highest BCUT2D eigenvalue weighted by Gasteiger charge is 2.13. The fourth-order valence-corrected chi connectivity index (χ4v) is 1.69. The minimum absolute atomic E-state index is 0.0507. The van der Waals surface area contributed by atoms with Gasteiger partial charge in [-0.05, 0) is 24.6 Å². The maximum atomic E-state index is 9.38. The number of aromatic nitrogens is 4. The summed E-state index contributed by atoms with van der Waals surface area (Å²) in [6.45, 7) is 1.95. The third-order valence-corrected chi connectivity index (χ3v) is 2.68. The van der Waals surface area contributed by atoms with Crippen molar-refractivity contribution in [2.75, 3.05) is 0 Å². The number of hydrogen-bond acceptors (Lipinski definition) is 6. The van der Waals surface area contributed by atoms with Crippen LogP contribution in [-0.4, -0.2) is 25.2 Å². The lowest BCUT2D eigenvalue weighted by Gasteiger charge is -1.97. The second-order valence-corrected chi connectivity index (χ2v) is 4.05. The van der Waals surface area contributed by atoms with E-state index in [-0.39, 0.29) is 5.75 Å². The van der Waals surface area contributed by atoms with Crippen LogP contribution in [0.1, 0.15) is 5.56 Å². The molecule has 0 spiro atoms. The Kier molecular flexibility index (Phi) is 2.68. The molecule has 0 unspecified atom stereocenters. The molecule has 0 fully saturated rings. The van der Waals surface area contributed by atoms with E-state index in [1.54, 1.807) is 18.6 Å². The Balaban J connectivity index is 2.03. The van der Waals surface area contributed by atoms with Crippen LogP contribution in [0.4, 0.5) is 0 Å². The Labute approximate surface area is 108 Å². The van der Waals surface area contributed by atoms with Crippen molar-refractivity contribution in [1.82, 2.24) is 20.1 Å². The van der Waals surface area contributed by atoms with E-state index < -0.39 is 0 Å². The topological polar surface area (TPSA) is 84.9 Å². The Hall–Kier alpha value is -2.76. The third kappa shape index (κ3) is 2.15. The van der Waals surface area contributed by atoms with Gasteiger partial charge in [-0.2, -0.15) is 4.98 Å². The Morgan fingerprint density at radius 3 is 2.84 bits per heavy atom. The summed E-state index contributed by atoms with van der Waals surface area (Å²) < 4.78 is 5.18. The van der Waals surface area contributed by atoms with Crippen LogP contribution < -0.4 is 0 Å². The van der Waals surface area contributed by atoms with Crippen molar-refractivity contribution in [3.8, 4) is 28.6 Å². The molecule has 94 valence electrons. The van der Waals surface area contributed by atoms with E-state index in [0.29, 0.717) is 17.3 Å². The number of rotatable bonds is 2. The first-order chi connectivity index (χ1) is 9.24. The number of nitrogens with zero attached hydrogens (tertiary/aromatic N) is 4. The lowest BCUT2D eigenvalue weighted by Crippen LogP contribution is -1.87. The quantitative estimate of drug-likeness (QED) is 0.754. The van der Waals surface area contributed by atoms with E-state index in [1.165, 1.54) is 12.3 Å². The first kappa shape index (κ1) is 11.3. The summed E-state index contributed by atoms with van der Waals surface area (Å²) in [4.78, 5) is 12.2. The van der Waals surface area contributed by atoms with Crippen LogP contribution >= 0.6 is 0 Å². The van der Waals surface area contributed by atoms with E-state index in [2.05, 4.69) is 20.1 Å². The molecule has 1 N–H and O–H groups in total. The van der Waals surface area contributed by atoms with Gasteiger partial charge in [0.1, 0.15) is 5.75 Å². The lowest BCUT2D eigenvalue weighted by molar-refractivity contribution is 0.431. The Morgan fingerprint density at radius 1 is 1.16 bits per heavy atom. The van der Waals surface area contributed by atoms with Gasteiger partial charge < -0.3 is 9.63 Å². The molecule has 0 atom stereocenters. The molecule has 0 aliphatic rings. The largest absolute Gasteiger partial charge is 0.506 e. The fourth-order valence-electron chi connectivity index (χ4n) is 1.69. The van der Waals surface area contributed by atoms with Crippen LogP contribution in [0.2, 0.25) is 0 Å². The molecule has 0 amide bonds. The van der Waals surface area contributed by atoms with Gasteiger partial charge in [0, 0.05) is 24.2 Å². The lowest BCUT2D eigenvalue weighted by atomic mass is 10.1. The van der Waals surface area contributed by atoms with Gasteiger partial charge in [0.2, 0.25) is 5.82 Å². The second kappa shape index (κ2) is 4.49. The van der Waals surface area contributed by atoms with Gasteiger partial charge in [0.25, 0.3) is 5.89 Å². The minimum atomic E-state index is 0.0507. The fraction of sp³-hybridized carbons (Fsp3) is 0.0769. The SMILES string of the molecule is Cc1ccncc1-c1noc(-c2cncc(O)c2)n1. The van der Waals surface area contributed by atoms with Crippen molar-refractivity contribution in [2.24, 2.45) is 0 Å². The van der Waals surface area contributed by atoms with Crippen molar-refractivity contribution in [3.05, 3.63) is 42.5 Å². The molecule has 0 aliphatic heterocycles. The molecular formula is C13H10N4O2. The minimum Gasteiger partial charge on any atom is -0.506 e. The maximum absolute atomic E-state index is 9.38. The van der Waals surface area contributed by atoms with Crippen LogP contribution in [0.5, 0.6) is 5.75 Å². The number of pyridine rings is 2. The molecule has 0 aromatic carbocycles. The first-order valence-electron chi connectivity index (χ1n) is 5.63. The normalized spacial score (nSPS) is 10.6.